The second kappa shape index (κ2) is 9.00. The molecule has 184 valence electrons. The van der Waals surface area contributed by atoms with Gasteiger partial charge in [0.05, 0.1) is 23.6 Å². The third-order valence-corrected chi connectivity index (χ3v) is 8.35. The molecule has 2 aromatic carbocycles. The molecule has 2 aliphatic carbocycles. The highest BCUT2D eigenvalue weighted by molar-refractivity contribution is 5.75. The van der Waals surface area contributed by atoms with Crippen LogP contribution in [-0.4, -0.2) is 26.5 Å². The zero-order valence-electron chi connectivity index (χ0n) is 20.5. The summed E-state index contributed by atoms with van der Waals surface area (Å²) in [5, 5.41) is 3.55. The molecule has 0 spiro atoms. The number of halogens is 1. The highest BCUT2D eigenvalue weighted by Gasteiger charge is 2.25. The summed E-state index contributed by atoms with van der Waals surface area (Å²) in [6.45, 7) is 1.06. The Morgan fingerprint density at radius 3 is 2.44 bits per heavy atom. The molecule has 5 nitrogen and oxygen atoms in total. The Balaban J connectivity index is 1.18. The van der Waals surface area contributed by atoms with Crippen LogP contribution in [0.4, 0.5) is 4.39 Å². The van der Waals surface area contributed by atoms with Gasteiger partial charge in [-0.1, -0.05) is 37.1 Å². The fourth-order valence-corrected chi connectivity index (χ4v) is 6.38. The normalized spacial score (nSPS) is 19.9. The molecule has 36 heavy (non-hydrogen) atoms. The number of rotatable bonds is 4. The Morgan fingerprint density at radius 1 is 0.806 bits per heavy atom. The first-order chi connectivity index (χ1) is 17.7. The zero-order chi connectivity index (χ0) is 24.1. The van der Waals surface area contributed by atoms with E-state index in [1.807, 2.05) is 12.1 Å². The van der Waals surface area contributed by atoms with Gasteiger partial charge in [-0.25, -0.2) is 14.4 Å². The van der Waals surface area contributed by atoms with Gasteiger partial charge in [-0.15, -0.1) is 0 Å². The fourth-order valence-electron chi connectivity index (χ4n) is 6.38. The van der Waals surface area contributed by atoms with Crippen molar-refractivity contribution >= 4 is 0 Å². The van der Waals surface area contributed by atoms with E-state index in [2.05, 4.69) is 38.5 Å². The lowest BCUT2D eigenvalue weighted by molar-refractivity contribution is 0.610. The van der Waals surface area contributed by atoms with Crippen LogP contribution in [-0.2, 0) is 12.8 Å². The third-order valence-electron chi connectivity index (χ3n) is 8.35. The summed E-state index contributed by atoms with van der Waals surface area (Å²) in [6.07, 6.45) is 12.1. The average Bonchev–Trinajstić information content (AvgIpc) is 3.70. The van der Waals surface area contributed by atoms with E-state index in [4.69, 9.17) is 4.98 Å². The smallest absolute Gasteiger partial charge is 0.133 e. The molecule has 3 heterocycles. The molecule has 0 bridgehead atoms. The standard InChI is InChI=1S/C30H32FN5/c31-24-16-20(11-13-23(24)27-17-33-29(35-27)18-5-1-2-6-18)19-10-12-22-21(15-19)7-3-8-25-28(22)36-30(34-25)26-9-4-14-32-26/h10-13,15-18,26,32H,1-9,14H2,(H,33,35)(H,34,36)/t26-/m0/s1. The van der Waals surface area contributed by atoms with Gasteiger partial charge in [0, 0.05) is 22.7 Å². The van der Waals surface area contributed by atoms with Crippen molar-refractivity contribution in [3.63, 3.8) is 0 Å². The first-order valence-electron chi connectivity index (χ1n) is 13.5. The molecule has 1 saturated heterocycles. The van der Waals surface area contributed by atoms with Crippen molar-refractivity contribution in [3.05, 3.63) is 71.3 Å². The minimum Gasteiger partial charge on any atom is -0.344 e. The molecule has 0 unspecified atom stereocenters. The van der Waals surface area contributed by atoms with Gasteiger partial charge in [0.25, 0.3) is 0 Å². The number of aromatic amines is 2. The molecule has 0 amide bonds. The minimum absolute atomic E-state index is 0.215. The van der Waals surface area contributed by atoms with Gasteiger partial charge in [-0.05, 0) is 80.3 Å². The summed E-state index contributed by atoms with van der Waals surface area (Å²) in [6, 6.07) is 12.4. The van der Waals surface area contributed by atoms with E-state index in [-0.39, 0.29) is 5.82 Å². The Morgan fingerprint density at radius 2 is 1.64 bits per heavy atom. The van der Waals surface area contributed by atoms with E-state index in [1.54, 1.807) is 12.3 Å². The van der Waals surface area contributed by atoms with Crippen molar-refractivity contribution in [2.24, 2.45) is 0 Å². The van der Waals surface area contributed by atoms with Gasteiger partial charge in [0.2, 0.25) is 0 Å². The molecular formula is C30H32FN5. The topological polar surface area (TPSA) is 69.4 Å². The molecule has 2 aromatic heterocycles. The number of H-pyrrole nitrogens is 2. The first-order valence-corrected chi connectivity index (χ1v) is 13.5. The monoisotopic (exact) mass is 481 g/mol. The number of imidazole rings is 2. The highest BCUT2D eigenvalue weighted by atomic mass is 19.1. The van der Waals surface area contributed by atoms with Crippen molar-refractivity contribution in [3.8, 4) is 33.6 Å². The van der Waals surface area contributed by atoms with Crippen molar-refractivity contribution < 1.29 is 4.39 Å². The van der Waals surface area contributed by atoms with Gasteiger partial charge in [-0.3, -0.25) is 0 Å². The average molecular weight is 482 g/mol. The van der Waals surface area contributed by atoms with Crippen LogP contribution in [0.2, 0.25) is 0 Å². The molecule has 1 atom stereocenters. The second-order valence-electron chi connectivity index (χ2n) is 10.7. The van der Waals surface area contributed by atoms with Crippen molar-refractivity contribution in [2.75, 3.05) is 6.54 Å². The van der Waals surface area contributed by atoms with Gasteiger partial charge in [0.1, 0.15) is 17.5 Å². The summed E-state index contributed by atoms with van der Waals surface area (Å²) in [4.78, 5) is 16.6. The Hall–Kier alpha value is -3.25. The minimum atomic E-state index is -0.215. The van der Waals surface area contributed by atoms with Crippen molar-refractivity contribution in [2.45, 2.75) is 69.7 Å². The molecule has 4 aromatic rings. The summed E-state index contributed by atoms with van der Waals surface area (Å²) in [5.41, 5.74) is 8.14. The maximum atomic E-state index is 15.3. The molecule has 3 N–H and O–H groups in total. The van der Waals surface area contributed by atoms with Crippen molar-refractivity contribution in [1.29, 1.82) is 0 Å². The lowest BCUT2D eigenvalue weighted by atomic mass is 9.95. The number of nitrogens with one attached hydrogen (secondary N) is 3. The van der Waals surface area contributed by atoms with Gasteiger partial charge in [0.15, 0.2) is 0 Å². The van der Waals surface area contributed by atoms with Crippen LogP contribution in [0.25, 0.3) is 33.6 Å². The van der Waals surface area contributed by atoms with Crippen molar-refractivity contribution in [1.82, 2.24) is 25.3 Å². The number of fused-ring (bicyclic) bond motifs is 3. The Bertz CT molecular complexity index is 1400. The van der Waals surface area contributed by atoms with Crippen LogP contribution in [0.5, 0.6) is 0 Å². The Labute approximate surface area is 211 Å². The molecule has 7 rings (SSSR count). The highest BCUT2D eigenvalue weighted by Crippen LogP contribution is 2.37. The second-order valence-corrected chi connectivity index (χ2v) is 10.7. The predicted molar refractivity (Wildman–Crippen MR) is 140 cm³/mol. The van der Waals surface area contributed by atoms with Crippen LogP contribution in [0.1, 0.15) is 79.8 Å². The SMILES string of the molecule is Fc1cc(-c2ccc3c(c2)CCCc2[nH]c([C@@H]4CCCN4)nc2-3)ccc1-c1cnc(C2CCCC2)[nH]1. The van der Waals surface area contributed by atoms with Crippen LogP contribution >= 0.6 is 0 Å². The number of aromatic nitrogens is 4. The summed E-state index contributed by atoms with van der Waals surface area (Å²) in [5.74, 6) is 2.34. The van der Waals surface area contributed by atoms with Gasteiger partial charge >= 0.3 is 0 Å². The van der Waals surface area contributed by atoms with E-state index in [9.17, 15) is 0 Å². The molecule has 0 radical (unpaired) electrons. The molecule has 1 aliphatic heterocycles. The number of aryl methyl sites for hydroxylation is 2. The Kier molecular flexibility index (Phi) is 5.50. The first kappa shape index (κ1) is 22.0. The largest absolute Gasteiger partial charge is 0.344 e. The van der Waals surface area contributed by atoms with E-state index in [0.29, 0.717) is 17.5 Å². The quantitative estimate of drug-likeness (QED) is 0.299. The molecule has 6 heteroatoms. The molecular weight excluding hydrogens is 449 g/mol. The number of hydrogen-bond donors (Lipinski definition) is 3. The van der Waals surface area contributed by atoms with E-state index in [0.717, 1.165) is 66.4 Å². The summed E-state index contributed by atoms with van der Waals surface area (Å²) < 4.78 is 15.3. The molecule has 1 saturated carbocycles. The number of nitrogens with zero attached hydrogens (tertiary/aromatic N) is 2. The summed E-state index contributed by atoms with van der Waals surface area (Å²) in [7, 11) is 0. The van der Waals surface area contributed by atoms with Crippen LogP contribution in [0.3, 0.4) is 0 Å². The van der Waals surface area contributed by atoms with E-state index >= 15 is 4.39 Å². The maximum absolute atomic E-state index is 15.3. The number of benzene rings is 2. The summed E-state index contributed by atoms with van der Waals surface area (Å²) >= 11 is 0. The van der Waals surface area contributed by atoms with Crippen LogP contribution in [0, 0.1) is 5.82 Å². The lowest BCUT2D eigenvalue weighted by Crippen LogP contribution is -2.14. The lowest BCUT2D eigenvalue weighted by Gasteiger charge is -2.11. The van der Waals surface area contributed by atoms with Crippen LogP contribution < -0.4 is 5.32 Å². The van der Waals surface area contributed by atoms with E-state index in [1.165, 1.54) is 48.9 Å². The maximum Gasteiger partial charge on any atom is 0.133 e. The van der Waals surface area contributed by atoms with Crippen LogP contribution in [0.15, 0.2) is 42.6 Å². The fraction of sp³-hybridized carbons (Fsp3) is 0.400. The number of hydrogen-bond acceptors (Lipinski definition) is 3. The van der Waals surface area contributed by atoms with E-state index < -0.39 is 0 Å². The van der Waals surface area contributed by atoms with Gasteiger partial charge in [-0.2, -0.15) is 0 Å². The third kappa shape index (κ3) is 3.88. The molecule has 2 fully saturated rings. The predicted octanol–water partition coefficient (Wildman–Crippen LogP) is 6.84. The van der Waals surface area contributed by atoms with Gasteiger partial charge < -0.3 is 15.3 Å². The zero-order valence-corrected chi connectivity index (χ0v) is 20.5. The molecule has 3 aliphatic rings.